The Kier molecular flexibility index (Phi) is 6.12. The van der Waals surface area contributed by atoms with Crippen LogP contribution in [0.15, 0.2) is 12.1 Å². The van der Waals surface area contributed by atoms with E-state index in [0.29, 0.717) is 12.2 Å². The third-order valence-electron chi connectivity index (χ3n) is 6.01. The number of halogens is 3. The van der Waals surface area contributed by atoms with Crippen molar-refractivity contribution in [1.82, 2.24) is 4.90 Å². The lowest BCUT2D eigenvalue weighted by Crippen LogP contribution is -2.48. The van der Waals surface area contributed by atoms with E-state index in [4.69, 9.17) is 9.47 Å². The molecule has 0 aromatic heterocycles. The van der Waals surface area contributed by atoms with Gasteiger partial charge in [0.1, 0.15) is 0 Å². The van der Waals surface area contributed by atoms with E-state index in [1.807, 2.05) is 0 Å². The van der Waals surface area contributed by atoms with E-state index in [9.17, 15) is 18.3 Å². The monoisotopic (exact) mass is 415 g/mol. The summed E-state index contributed by atoms with van der Waals surface area (Å²) in [7, 11) is 1.43. The van der Waals surface area contributed by atoms with Crippen LogP contribution < -0.4 is 9.47 Å². The number of aliphatic hydroxyl groups excluding tert-OH is 1. The van der Waals surface area contributed by atoms with Crippen molar-refractivity contribution < 1.29 is 27.8 Å². The zero-order chi connectivity index (χ0) is 21.6. The number of methoxy groups -OCH3 is 1. The molecule has 1 N–H and O–H groups in total. The highest BCUT2D eigenvalue weighted by Crippen LogP contribution is 2.45. The van der Waals surface area contributed by atoms with Crippen LogP contribution in [0.25, 0.3) is 0 Å². The van der Waals surface area contributed by atoms with Crippen LogP contribution in [0.3, 0.4) is 0 Å². The molecule has 0 saturated carbocycles. The van der Waals surface area contributed by atoms with E-state index in [-0.39, 0.29) is 23.1 Å². The molecule has 0 aliphatic carbocycles. The zero-order valence-electron chi connectivity index (χ0n) is 17.8. The second-order valence-corrected chi connectivity index (χ2v) is 9.59. The SMILES string of the molecule is COc1cc2c(cc1OC(C)C(F)(F)F)CCN1CC(CC(C)(C)C)C(O)CC21. The molecule has 0 amide bonds. The molecule has 2 heterocycles. The molecule has 0 bridgehead atoms. The number of hydrogen-bond acceptors (Lipinski definition) is 4. The first-order chi connectivity index (χ1) is 13.4. The molecule has 4 atom stereocenters. The Bertz CT molecular complexity index is 729. The van der Waals surface area contributed by atoms with Gasteiger partial charge >= 0.3 is 6.18 Å². The lowest BCUT2D eigenvalue weighted by atomic mass is 9.75. The Balaban J connectivity index is 1.84. The molecule has 2 aliphatic heterocycles. The van der Waals surface area contributed by atoms with Crippen molar-refractivity contribution in [2.24, 2.45) is 11.3 Å². The van der Waals surface area contributed by atoms with Gasteiger partial charge in [-0.3, -0.25) is 4.90 Å². The maximum Gasteiger partial charge on any atom is 0.425 e. The van der Waals surface area contributed by atoms with Gasteiger partial charge in [0.05, 0.1) is 13.2 Å². The average Bonchev–Trinajstić information content (AvgIpc) is 2.60. The highest BCUT2D eigenvalue weighted by Gasteiger charge is 2.41. The summed E-state index contributed by atoms with van der Waals surface area (Å²) in [5.74, 6) is 0.643. The summed E-state index contributed by atoms with van der Waals surface area (Å²) in [5.41, 5.74) is 2.14. The first kappa shape index (κ1) is 22.2. The molecule has 29 heavy (non-hydrogen) atoms. The summed E-state index contributed by atoms with van der Waals surface area (Å²) in [6.45, 7) is 9.20. The third-order valence-corrected chi connectivity index (χ3v) is 6.01. The van der Waals surface area contributed by atoms with Gasteiger partial charge in [0.25, 0.3) is 0 Å². The van der Waals surface area contributed by atoms with Crippen LogP contribution in [0.5, 0.6) is 11.5 Å². The molecule has 1 saturated heterocycles. The number of fused-ring (bicyclic) bond motifs is 3. The van der Waals surface area contributed by atoms with Gasteiger partial charge in [0, 0.05) is 19.1 Å². The molecule has 1 aromatic carbocycles. The zero-order valence-corrected chi connectivity index (χ0v) is 17.8. The predicted molar refractivity (Wildman–Crippen MR) is 105 cm³/mol. The number of alkyl halides is 3. The van der Waals surface area contributed by atoms with E-state index in [1.54, 1.807) is 12.1 Å². The van der Waals surface area contributed by atoms with E-state index in [0.717, 1.165) is 44.0 Å². The van der Waals surface area contributed by atoms with Crippen molar-refractivity contribution in [3.63, 3.8) is 0 Å². The summed E-state index contributed by atoms with van der Waals surface area (Å²) >= 11 is 0. The summed E-state index contributed by atoms with van der Waals surface area (Å²) < 4.78 is 49.3. The van der Waals surface area contributed by atoms with Gasteiger partial charge in [0.2, 0.25) is 0 Å². The van der Waals surface area contributed by atoms with Gasteiger partial charge in [0.15, 0.2) is 17.6 Å². The quantitative estimate of drug-likeness (QED) is 0.771. The van der Waals surface area contributed by atoms with Gasteiger partial charge in [-0.25, -0.2) is 0 Å². The van der Waals surface area contributed by atoms with Gasteiger partial charge in [-0.2, -0.15) is 13.2 Å². The van der Waals surface area contributed by atoms with Crippen molar-refractivity contribution >= 4 is 0 Å². The minimum atomic E-state index is -4.44. The third kappa shape index (κ3) is 5.00. The molecule has 0 radical (unpaired) electrons. The van der Waals surface area contributed by atoms with Gasteiger partial charge in [-0.05, 0) is 60.8 Å². The number of hydrogen-bond donors (Lipinski definition) is 1. The molecule has 2 aliphatic rings. The van der Waals surface area contributed by atoms with Crippen LogP contribution in [0.1, 0.15) is 57.7 Å². The van der Waals surface area contributed by atoms with Gasteiger partial charge < -0.3 is 14.6 Å². The molecule has 7 heteroatoms. The molecule has 4 nitrogen and oxygen atoms in total. The minimum Gasteiger partial charge on any atom is -0.493 e. The van der Waals surface area contributed by atoms with Crippen molar-refractivity contribution in [1.29, 1.82) is 0 Å². The van der Waals surface area contributed by atoms with E-state index in [2.05, 4.69) is 25.7 Å². The Morgan fingerprint density at radius 3 is 2.48 bits per heavy atom. The predicted octanol–water partition coefficient (Wildman–Crippen LogP) is 4.74. The fourth-order valence-corrected chi connectivity index (χ4v) is 4.60. The second kappa shape index (κ2) is 7.99. The highest BCUT2D eigenvalue weighted by atomic mass is 19.4. The first-order valence-electron chi connectivity index (χ1n) is 10.3. The van der Waals surface area contributed by atoms with E-state index in [1.165, 1.54) is 7.11 Å². The Morgan fingerprint density at radius 2 is 1.90 bits per heavy atom. The van der Waals surface area contributed by atoms with E-state index >= 15 is 0 Å². The summed E-state index contributed by atoms with van der Waals surface area (Å²) in [6, 6.07) is 3.52. The Labute approximate surface area is 171 Å². The van der Waals surface area contributed by atoms with Crippen molar-refractivity contribution in [3.05, 3.63) is 23.3 Å². The van der Waals surface area contributed by atoms with Crippen LogP contribution in [0.4, 0.5) is 13.2 Å². The fourth-order valence-electron chi connectivity index (χ4n) is 4.60. The first-order valence-corrected chi connectivity index (χ1v) is 10.3. The molecular formula is C22H32F3NO3. The maximum absolute atomic E-state index is 12.9. The Hall–Kier alpha value is -1.47. The summed E-state index contributed by atoms with van der Waals surface area (Å²) in [4.78, 5) is 2.39. The molecule has 0 spiro atoms. The summed E-state index contributed by atoms with van der Waals surface area (Å²) in [5, 5.41) is 10.8. The molecule has 1 fully saturated rings. The molecule has 3 rings (SSSR count). The molecule has 164 valence electrons. The van der Waals surface area contributed by atoms with Crippen molar-refractivity contribution in [2.45, 2.75) is 71.4 Å². The number of benzene rings is 1. The van der Waals surface area contributed by atoms with Crippen LogP contribution in [0.2, 0.25) is 0 Å². The topological polar surface area (TPSA) is 41.9 Å². The van der Waals surface area contributed by atoms with Crippen LogP contribution >= 0.6 is 0 Å². The maximum atomic E-state index is 12.9. The van der Waals surface area contributed by atoms with Crippen molar-refractivity contribution in [2.75, 3.05) is 20.2 Å². The largest absolute Gasteiger partial charge is 0.493 e. The Morgan fingerprint density at radius 1 is 1.21 bits per heavy atom. The normalized spacial score (nSPS) is 26.4. The molecule has 1 aromatic rings. The van der Waals surface area contributed by atoms with E-state index < -0.39 is 18.4 Å². The van der Waals surface area contributed by atoms with Crippen LogP contribution in [-0.2, 0) is 6.42 Å². The number of nitrogens with zero attached hydrogens (tertiary/aromatic N) is 1. The van der Waals surface area contributed by atoms with Crippen LogP contribution in [0, 0.1) is 11.3 Å². The van der Waals surface area contributed by atoms with Gasteiger partial charge in [-0.15, -0.1) is 0 Å². The lowest BCUT2D eigenvalue weighted by molar-refractivity contribution is -0.189. The fraction of sp³-hybridized carbons (Fsp3) is 0.727. The number of piperidine rings is 1. The van der Waals surface area contributed by atoms with Crippen molar-refractivity contribution in [3.8, 4) is 11.5 Å². The average molecular weight is 415 g/mol. The smallest absolute Gasteiger partial charge is 0.425 e. The highest BCUT2D eigenvalue weighted by molar-refractivity contribution is 5.50. The van der Waals surface area contributed by atoms with Gasteiger partial charge in [-0.1, -0.05) is 20.8 Å². The minimum absolute atomic E-state index is 0.0490. The summed E-state index contributed by atoms with van der Waals surface area (Å²) in [6.07, 6.45) is -4.43. The molecule has 4 unspecified atom stereocenters. The lowest BCUT2D eigenvalue weighted by Gasteiger charge is -2.47. The number of rotatable bonds is 4. The molecular weight excluding hydrogens is 383 g/mol. The number of aliphatic hydroxyl groups is 1. The van der Waals surface area contributed by atoms with Crippen LogP contribution in [-0.4, -0.2) is 48.6 Å². The second-order valence-electron chi connectivity index (χ2n) is 9.59. The standard InChI is InChI=1S/C22H32F3NO3/c1-13(22(23,24)25)29-20-8-14-6-7-26-12-15(11-21(2,3)4)18(27)10-17(26)16(14)9-19(20)28-5/h8-9,13,15,17-18,27H,6-7,10-12H2,1-5H3. The number of ether oxygens (including phenoxy) is 2.